The zero-order valence-corrected chi connectivity index (χ0v) is 11.8. The average Bonchev–Trinajstić information content (AvgIpc) is 3.10. The highest BCUT2D eigenvalue weighted by Crippen LogP contribution is 2.16. The lowest BCUT2D eigenvalue weighted by molar-refractivity contribution is 0.484. The van der Waals surface area contributed by atoms with E-state index < -0.39 is 0 Å². The molecule has 3 aromatic rings. The highest BCUT2D eigenvalue weighted by molar-refractivity contribution is 5.75. The lowest BCUT2D eigenvalue weighted by atomic mass is 10.2. The summed E-state index contributed by atoms with van der Waals surface area (Å²) in [4.78, 5) is 12.2. The number of hydrogen-bond donors (Lipinski definition) is 2. The largest absolute Gasteiger partial charge is 0.347 e. The van der Waals surface area contributed by atoms with Crippen LogP contribution >= 0.6 is 0 Å². The first-order chi connectivity index (χ1) is 9.79. The van der Waals surface area contributed by atoms with E-state index in [1.807, 2.05) is 24.4 Å². The summed E-state index contributed by atoms with van der Waals surface area (Å²) >= 11 is 0. The maximum absolute atomic E-state index is 4.67. The van der Waals surface area contributed by atoms with Gasteiger partial charge in [0.1, 0.15) is 11.6 Å². The number of aromatic nitrogens is 4. The van der Waals surface area contributed by atoms with E-state index in [4.69, 9.17) is 0 Å². The highest BCUT2D eigenvalue weighted by Gasteiger charge is 2.13. The van der Waals surface area contributed by atoms with Crippen LogP contribution in [0.3, 0.4) is 0 Å². The fourth-order valence-electron chi connectivity index (χ4n) is 2.47. The van der Waals surface area contributed by atoms with Gasteiger partial charge < -0.3 is 14.9 Å². The molecule has 0 aliphatic carbocycles. The van der Waals surface area contributed by atoms with Gasteiger partial charge in [0.2, 0.25) is 0 Å². The topological polar surface area (TPSA) is 58.5 Å². The molecule has 1 atom stereocenters. The quantitative estimate of drug-likeness (QED) is 0.748. The normalized spacial score (nSPS) is 12.9. The molecule has 2 aromatic heterocycles. The first-order valence-corrected chi connectivity index (χ1v) is 6.92. The Kier molecular flexibility index (Phi) is 3.52. The number of nitrogens with one attached hydrogen (secondary N) is 2. The molecule has 1 aromatic carbocycles. The average molecular weight is 269 g/mol. The zero-order chi connectivity index (χ0) is 13.9. The third-order valence-corrected chi connectivity index (χ3v) is 3.64. The summed E-state index contributed by atoms with van der Waals surface area (Å²) in [7, 11) is 2.06. The van der Waals surface area contributed by atoms with Crippen LogP contribution in [0.15, 0.2) is 36.7 Å². The number of para-hydroxylation sites is 2. The third kappa shape index (κ3) is 2.32. The minimum absolute atomic E-state index is 0.227. The van der Waals surface area contributed by atoms with Crippen molar-refractivity contribution in [3.05, 3.63) is 48.3 Å². The molecule has 0 aliphatic heterocycles. The summed E-state index contributed by atoms with van der Waals surface area (Å²) in [5, 5.41) is 3.51. The second-order valence-electron chi connectivity index (χ2n) is 4.89. The van der Waals surface area contributed by atoms with Crippen LogP contribution in [0.4, 0.5) is 0 Å². The second-order valence-corrected chi connectivity index (χ2v) is 4.89. The SMILES string of the molecule is CCC(NCc1nc2ccccc2n1C)c1ncc[nH]1. The van der Waals surface area contributed by atoms with Crippen LogP contribution in [0.5, 0.6) is 0 Å². The van der Waals surface area contributed by atoms with Crippen molar-refractivity contribution >= 4 is 11.0 Å². The number of rotatable bonds is 5. The minimum atomic E-state index is 0.227. The van der Waals surface area contributed by atoms with Gasteiger partial charge in [-0.25, -0.2) is 9.97 Å². The van der Waals surface area contributed by atoms with Crippen LogP contribution < -0.4 is 5.32 Å². The van der Waals surface area contributed by atoms with E-state index in [1.165, 1.54) is 0 Å². The smallest absolute Gasteiger partial charge is 0.123 e. The number of hydrogen-bond acceptors (Lipinski definition) is 3. The van der Waals surface area contributed by atoms with Crippen molar-refractivity contribution in [2.75, 3.05) is 0 Å². The molecule has 0 radical (unpaired) electrons. The van der Waals surface area contributed by atoms with Crippen molar-refractivity contribution in [1.29, 1.82) is 0 Å². The molecule has 2 N–H and O–H groups in total. The number of H-pyrrole nitrogens is 1. The van der Waals surface area contributed by atoms with Gasteiger partial charge in [0.15, 0.2) is 0 Å². The molecule has 0 bridgehead atoms. The predicted octanol–water partition coefficient (Wildman–Crippen LogP) is 2.54. The monoisotopic (exact) mass is 269 g/mol. The number of nitrogens with zero attached hydrogens (tertiary/aromatic N) is 3. The van der Waals surface area contributed by atoms with E-state index >= 15 is 0 Å². The van der Waals surface area contributed by atoms with E-state index in [0.29, 0.717) is 0 Å². The van der Waals surface area contributed by atoms with Gasteiger partial charge in [0.05, 0.1) is 23.6 Å². The van der Waals surface area contributed by atoms with Gasteiger partial charge in [-0.2, -0.15) is 0 Å². The van der Waals surface area contributed by atoms with Crippen molar-refractivity contribution < 1.29 is 0 Å². The Morgan fingerprint density at radius 2 is 2.20 bits per heavy atom. The summed E-state index contributed by atoms with van der Waals surface area (Å²) in [6.45, 7) is 2.87. The summed E-state index contributed by atoms with van der Waals surface area (Å²) in [5.41, 5.74) is 2.20. The lowest BCUT2D eigenvalue weighted by Gasteiger charge is -2.14. The van der Waals surface area contributed by atoms with Crippen molar-refractivity contribution in [1.82, 2.24) is 24.8 Å². The molecule has 0 aliphatic rings. The fourth-order valence-corrected chi connectivity index (χ4v) is 2.47. The van der Waals surface area contributed by atoms with Gasteiger partial charge in [0, 0.05) is 19.4 Å². The van der Waals surface area contributed by atoms with Gasteiger partial charge in [-0.1, -0.05) is 19.1 Å². The number of imidazole rings is 2. The molecule has 5 heteroatoms. The Morgan fingerprint density at radius 1 is 1.35 bits per heavy atom. The highest BCUT2D eigenvalue weighted by atomic mass is 15.1. The van der Waals surface area contributed by atoms with Crippen LogP contribution in [-0.4, -0.2) is 19.5 Å². The molecule has 0 saturated heterocycles. The van der Waals surface area contributed by atoms with Gasteiger partial charge in [0.25, 0.3) is 0 Å². The summed E-state index contributed by atoms with van der Waals surface area (Å²) in [6.07, 6.45) is 4.63. The van der Waals surface area contributed by atoms with Gasteiger partial charge >= 0.3 is 0 Å². The number of aromatic amines is 1. The van der Waals surface area contributed by atoms with E-state index in [1.54, 1.807) is 6.20 Å². The maximum Gasteiger partial charge on any atom is 0.123 e. The van der Waals surface area contributed by atoms with Crippen LogP contribution in [-0.2, 0) is 13.6 Å². The Bertz CT molecular complexity index is 683. The van der Waals surface area contributed by atoms with E-state index in [0.717, 1.165) is 35.6 Å². The molecule has 0 spiro atoms. The summed E-state index contributed by atoms with van der Waals surface area (Å²) in [6, 6.07) is 8.42. The molecule has 0 amide bonds. The molecule has 2 heterocycles. The zero-order valence-electron chi connectivity index (χ0n) is 11.8. The van der Waals surface area contributed by atoms with Crippen LogP contribution in [0, 0.1) is 0 Å². The van der Waals surface area contributed by atoms with Gasteiger partial charge in [-0.15, -0.1) is 0 Å². The molecular weight excluding hydrogens is 250 g/mol. The molecule has 104 valence electrons. The van der Waals surface area contributed by atoms with Crippen molar-refractivity contribution in [2.45, 2.75) is 25.9 Å². The van der Waals surface area contributed by atoms with Crippen molar-refractivity contribution in [3.63, 3.8) is 0 Å². The lowest BCUT2D eigenvalue weighted by Crippen LogP contribution is -2.23. The number of aryl methyl sites for hydroxylation is 1. The Hall–Kier alpha value is -2.14. The molecule has 0 fully saturated rings. The van der Waals surface area contributed by atoms with Crippen LogP contribution in [0.1, 0.15) is 31.0 Å². The summed E-state index contributed by atoms with van der Waals surface area (Å²) in [5.74, 6) is 2.02. The molecule has 5 nitrogen and oxygen atoms in total. The van der Waals surface area contributed by atoms with Crippen LogP contribution in [0.25, 0.3) is 11.0 Å². The number of fused-ring (bicyclic) bond motifs is 1. The second kappa shape index (κ2) is 5.46. The first-order valence-electron chi connectivity index (χ1n) is 6.92. The van der Waals surface area contributed by atoms with Gasteiger partial charge in [-0.05, 0) is 18.6 Å². The Labute approximate surface area is 118 Å². The Balaban J connectivity index is 1.78. The third-order valence-electron chi connectivity index (χ3n) is 3.64. The molecule has 0 saturated carbocycles. The van der Waals surface area contributed by atoms with Crippen molar-refractivity contribution in [2.24, 2.45) is 7.05 Å². The molecule has 3 rings (SSSR count). The Morgan fingerprint density at radius 3 is 2.90 bits per heavy atom. The predicted molar refractivity (Wildman–Crippen MR) is 79.2 cm³/mol. The van der Waals surface area contributed by atoms with E-state index in [9.17, 15) is 0 Å². The van der Waals surface area contributed by atoms with Crippen LogP contribution in [0.2, 0.25) is 0 Å². The standard InChI is InChI=1S/C15H19N5/c1-3-11(15-16-8-9-17-15)18-10-14-19-12-6-4-5-7-13(12)20(14)2/h4-9,11,18H,3,10H2,1-2H3,(H,16,17). The fraction of sp³-hybridized carbons (Fsp3) is 0.333. The summed E-state index contributed by atoms with van der Waals surface area (Å²) < 4.78 is 2.14. The van der Waals surface area contributed by atoms with E-state index in [2.05, 4.69) is 44.9 Å². The molecule has 20 heavy (non-hydrogen) atoms. The molecule has 1 unspecified atom stereocenters. The van der Waals surface area contributed by atoms with Crippen molar-refractivity contribution in [3.8, 4) is 0 Å². The molecular formula is C15H19N5. The maximum atomic E-state index is 4.67. The van der Waals surface area contributed by atoms with E-state index in [-0.39, 0.29) is 6.04 Å². The number of benzene rings is 1. The first kappa shape index (κ1) is 12.9. The van der Waals surface area contributed by atoms with Gasteiger partial charge in [-0.3, -0.25) is 0 Å². The minimum Gasteiger partial charge on any atom is -0.347 e.